The maximum atomic E-state index is 11.9. The predicted molar refractivity (Wildman–Crippen MR) is 83.5 cm³/mol. The Morgan fingerprint density at radius 2 is 2.32 bits per heavy atom. The van der Waals surface area contributed by atoms with Crippen molar-refractivity contribution in [2.45, 2.75) is 19.4 Å². The van der Waals surface area contributed by atoms with Gasteiger partial charge in [-0.25, -0.2) is 4.98 Å². The lowest BCUT2D eigenvalue weighted by Crippen LogP contribution is -2.30. The number of carbonyl (C=O) groups is 1. The van der Waals surface area contributed by atoms with Crippen LogP contribution in [-0.4, -0.2) is 39.8 Å². The van der Waals surface area contributed by atoms with Gasteiger partial charge in [0.05, 0.1) is 4.92 Å². The van der Waals surface area contributed by atoms with Crippen LogP contribution in [-0.2, 0) is 4.79 Å². The number of aromatic nitrogens is 1. The van der Waals surface area contributed by atoms with Gasteiger partial charge in [-0.15, -0.1) is 0 Å². The van der Waals surface area contributed by atoms with Gasteiger partial charge in [0.25, 0.3) is 5.69 Å². The molecule has 0 radical (unpaired) electrons. The summed E-state index contributed by atoms with van der Waals surface area (Å²) in [4.78, 5) is 27.8. The molecule has 0 spiro atoms. The van der Waals surface area contributed by atoms with Gasteiger partial charge in [0.2, 0.25) is 5.91 Å². The number of pyridine rings is 1. The van der Waals surface area contributed by atoms with Crippen LogP contribution in [0.4, 0.5) is 11.5 Å². The van der Waals surface area contributed by atoms with Gasteiger partial charge in [0, 0.05) is 31.3 Å². The highest BCUT2D eigenvalue weighted by molar-refractivity contribution is 5.88. The fourth-order valence-corrected chi connectivity index (χ4v) is 2.22. The minimum Gasteiger partial charge on any atom is -0.365 e. The summed E-state index contributed by atoms with van der Waals surface area (Å²) in [5, 5.41) is 13.8. The summed E-state index contributed by atoms with van der Waals surface area (Å²) in [6.07, 6.45) is 8.98. The molecule has 22 heavy (non-hydrogen) atoms. The number of allylic oxidation sites excluding steroid dienone is 3. The average molecular weight is 302 g/mol. The molecule has 1 aliphatic rings. The fraction of sp³-hybridized carbons (Fsp3) is 0.333. The lowest BCUT2D eigenvalue weighted by Gasteiger charge is -2.15. The first-order valence-electron chi connectivity index (χ1n) is 7.05. The molecule has 1 aromatic rings. The third-order valence-electron chi connectivity index (χ3n) is 3.35. The first-order valence-corrected chi connectivity index (χ1v) is 7.05. The SMILES string of the molecule is C/C=C/C=C\C(=O)N1CC[C@@H](Nc2ccc([N+](=O)[O-])cn2)C1. The number of anilines is 1. The smallest absolute Gasteiger partial charge is 0.287 e. The van der Waals surface area contributed by atoms with Crippen LogP contribution in [0.25, 0.3) is 0 Å². The van der Waals surface area contributed by atoms with Crippen molar-refractivity contribution in [2.24, 2.45) is 0 Å². The van der Waals surface area contributed by atoms with Crippen molar-refractivity contribution < 1.29 is 9.72 Å². The highest BCUT2D eigenvalue weighted by Crippen LogP contribution is 2.17. The van der Waals surface area contributed by atoms with Gasteiger partial charge in [-0.3, -0.25) is 14.9 Å². The molecule has 1 aromatic heterocycles. The van der Waals surface area contributed by atoms with Crippen LogP contribution in [0, 0.1) is 10.1 Å². The quantitative estimate of drug-likeness (QED) is 0.389. The first-order chi connectivity index (χ1) is 10.6. The number of amides is 1. The molecule has 1 saturated heterocycles. The predicted octanol–water partition coefficient (Wildman–Crippen LogP) is 2.13. The third kappa shape index (κ3) is 4.15. The van der Waals surface area contributed by atoms with Gasteiger partial charge in [-0.2, -0.15) is 0 Å². The molecule has 0 aromatic carbocycles. The van der Waals surface area contributed by atoms with E-state index in [4.69, 9.17) is 0 Å². The van der Waals surface area contributed by atoms with Crippen LogP contribution in [0.3, 0.4) is 0 Å². The monoisotopic (exact) mass is 302 g/mol. The summed E-state index contributed by atoms with van der Waals surface area (Å²) >= 11 is 0. The van der Waals surface area contributed by atoms with E-state index in [1.807, 2.05) is 19.1 Å². The number of nitro groups is 1. The number of nitrogens with one attached hydrogen (secondary N) is 1. The second-order valence-corrected chi connectivity index (χ2v) is 4.96. The minimum absolute atomic E-state index is 0.0148. The fourth-order valence-electron chi connectivity index (χ4n) is 2.22. The van der Waals surface area contributed by atoms with E-state index in [9.17, 15) is 14.9 Å². The van der Waals surface area contributed by atoms with Crippen LogP contribution in [0.15, 0.2) is 42.6 Å². The van der Waals surface area contributed by atoms with E-state index in [0.29, 0.717) is 18.9 Å². The van der Waals surface area contributed by atoms with Gasteiger partial charge in [-0.05, 0) is 19.4 Å². The van der Waals surface area contributed by atoms with Crippen molar-refractivity contribution in [3.8, 4) is 0 Å². The molecule has 116 valence electrons. The lowest BCUT2D eigenvalue weighted by molar-refractivity contribution is -0.385. The summed E-state index contributed by atoms with van der Waals surface area (Å²) in [6, 6.07) is 3.09. The van der Waals surface area contributed by atoms with Gasteiger partial charge < -0.3 is 10.2 Å². The number of likely N-dealkylation sites (tertiary alicyclic amines) is 1. The Morgan fingerprint density at radius 3 is 2.95 bits per heavy atom. The Hall–Kier alpha value is -2.70. The molecule has 1 N–H and O–H groups in total. The van der Waals surface area contributed by atoms with E-state index in [1.54, 1.807) is 23.1 Å². The van der Waals surface area contributed by atoms with Crippen molar-refractivity contribution in [1.29, 1.82) is 0 Å². The van der Waals surface area contributed by atoms with Crippen LogP contribution in [0.5, 0.6) is 0 Å². The molecular weight excluding hydrogens is 284 g/mol. The molecule has 7 heteroatoms. The minimum atomic E-state index is -0.482. The zero-order valence-corrected chi connectivity index (χ0v) is 12.3. The molecule has 0 unspecified atom stereocenters. The molecule has 1 atom stereocenters. The van der Waals surface area contributed by atoms with Crippen molar-refractivity contribution in [3.63, 3.8) is 0 Å². The number of hydrogen-bond acceptors (Lipinski definition) is 5. The Balaban J connectivity index is 1.88. The van der Waals surface area contributed by atoms with E-state index in [1.165, 1.54) is 12.3 Å². The number of rotatable bonds is 5. The summed E-state index contributed by atoms with van der Waals surface area (Å²) in [7, 11) is 0. The second kappa shape index (κ2) is 7.35. The number of carbonyl (C=O) groups excluding carboxylic acids is 1. The van der Waals surface area contributed by atoms with Crippen LogP contribution in [0.1, 0.15) is 13.3 Å². The zero-order chi connectivity index (χ0) is 15.9. The maximum Gasteiger partial charge on any atom is 0.287 e. The molecule has 2 rings (SSSR count). The molecule has 1 fully saturated rings. The van der Waals surface area contributed by atoms with E-state index < -0.39 is 4.92 Å². The molecule has 7 nitrogen and oxygen atoms in total. The molecule has 1 amide bonds. The molecule has 0 saturated carbocycles. The average Bonchev–Trinajstić information content (AvgIpc) is 2.96. The largest absolute Gasteiger partial charge is 0.365 e. The molecule has 0 bridgehead atoms. The Morgan fingerprint density at radius 1 is 1.50 bits per heavy atom. The lowest BCUT2D eigenvalue weighted by atomic mass is 10.2. The third-order valence-corrected chi connectivity index (χ3v) is 3.35. The second-order valence-electron chi connectivity index (χ2n) is 4.96. The van der Waals surface area contributed by atoms with Crippen LogP contribution >= 0.6 is 0 Å². The van der Waals surface area contributed by atoms with Gasteiger partial charge in [0.15, 0.2) is 0 Å². The van der Waals surface area contributed by atoms with E-state index in [0.717, 1.165) is 6.42 Å². The van der Waals surface area contributed by atoms with Gasteiger partial charge in [-0.1, -0.05) is 18.2 Å². The first kappa shape index (κ1) is 15.7. The van der Waals surface area contributed by atoms with E-state index >= 15 is 0 Å². The highest BCUT2D eigenvalue weighted by Gasteiger charge is 2.25. The molecule has 2 heterocycles. The summed E-state index contributed by atoms with van der Waals surface area (Å²) in [5.74, 6) is 0.563. The molecule has 1 aliphatic heterocycles. The van der Waals surface area contributed by atoms with Crippen molar-refractivity contribution in [3.05, 3.63) is 52.7 Å². The van der Waals surface area contributed by atoms with Gasteiger partial charge in [0.1, 0.15) is 12.0 Å². The highest BCUT2D eigenvalue weighted by atomic mass is 16.6. The Labute approximate surface area is 128 Å². The standard InChI is InChI=1S/C15H18N4O3/c1-2-3-4-5-15(20)18-9-8-12(11-18)17-14-7-6-13(10-16-14)19(21)22/h2-7,10,12H,8-9,11H2,1H3,(H,16,17)/b3-2+,5-4-/t12-/m1/s1. The van der Waals surface area contributed by atoms with E-state index in [-0.39, 0.29) is 17.6 Å². The summed E-state index contributed by atoms with van der Waals surface area (Å²) in [5.41, 5.74) is -0.0390. The van der Waals surface area contributed by atoms with Crippen molar-refractivity contribution >= 4 is 17.4 Å². The normalized spacial score (nSPS) is 18.2. The number of hydrogen-bond donors (Lipinski definition) is 1. The Kier molecular flexibility index (Phi) is 5.24. The van der Waals surface area contributed by atoms with Crippen LogP contribution < -0.4 is 5.32 Å². The maximum absolute atomic E-state index is 11.9. The molecule has 0 aliphatic carbocycles. The van der Waals surface area contributed by atoms with Crippen molar-refractivity contribution in [2.75, 3.05) is 18.4 Å². The van der Waals surface area contributed by atoms with Crippen molar-refractivity contribution in [1.82, 2.24) is 9.88 Å². The summed E-state index contributed by atoms with van der Waals surface area (Å²) in [6.45, 7) is 3.17. The Bertz CT molecular complexity index is 595. The number of nitrogens with zero attached hydrogens (tertiary/aromatic N) is 3. The zero-order valence-electron chi connectivity index (χ0n) is 12.3. The topological polar surface area (TPSA) is 88.4 Å². The summed E-state index contributed by atoms with van der Waals surface area (Å²) < 4.78 is 0. The van der Waals surface area contributed by atoms with Crippen LogP contribution in [0.2, 0.25) is 0 Å². The molecular formula is C15H18N4O3. The van der Waals surface area contributed by atoms with Gasteiger partial charge >= 0.3 is 0 Å². The van der Waals surface area contributed by atoms with E-state index in [2.05, 4.69) is 10.3 Å².